The summed E-state index contributed by atoms with van der Waals surface area (Å²) in [5.74, 6) is 1.04. The standard InChI is InChI=1S/C19H26N2O6S2/c1-14-12-17(26-5)13-15(2)19(14)28(22,23)20-10-11-27-16-6-8-18(9-7-16)29(24,25)21(3)4/h6-9,12-13,20H,10-11H2,1-5H3. The molecule has 0 spiro atoms. The fourth-order valence-corrected chi connectivity index (χ4v) is 5.15. The van der Waals surface area contributed by atoms with Crippen molar-refractivity contribution in [3.05, 3.63) is 47.5 Å². The smallest absolute Gasteiger partial charge is 0.242 e. The summed E-state index contributed by atoms with van der Waals surface area (Å²) in [4.78, 5) is 0.373. The van der Waals surface area contributed by atoms with Gasteiger partial charge in [0.25, 0.3) is 0 Å². The van der Waals surface area contributed by atoms with Gasteiger partial charge >= 0.3 is 0 Å². The van der Waals surface area contributed by atoms with Gasteiger partial charge < -0.3 is 9.47 Å². The number of methoxy groups -OCH3 is 1. The normalized spacial score (nSPS) is 12.2. The van der Waals surface area contributed by atoms with Crippen molar-refractivity contribution in [2.24, 2.45) is 0 Å². The molecule has 0 saturated carbocycles. The molecule has 10 heteroatoms. The molecular weight excluding hydrogens is 416 g/mol. The van der Waals surface area contributed by atoms with Gasteiger partial charge in [-0.1, -0.05) is 0 Å². The van der Waals surface area contributed by atoms with Crippen molar-refractivity contribution in [2.75, 3.05) is 34.4 Å². The molecule has 0 amide bonds. The second kappa shape index (κ2) is 9.12. The minimum Gasteiger partial charge on any atom is -0.497 e. The van der Waals surface area contributed by atoms with Gasteiger partial charge in [0.2, 0.25) is 20.0 Å². The van der Waals surface area contributed by atoms with Crippen molar-refractivity contribution in [3.8, 4) is 11.5 Å². The van der Waals surface area contributed by atoms with Gasteiger partial charge in [0.1, 0.15) is 18.1 Å². The van der Waals surface area contributed by atoms with Crippen LogP contribution in [0.4, 0.5) is 0 Å². The second-order valence-electron chi connectivity index (χ2n) is 6.60. The molecule has 2 aromatic carbocycles. The van der Waals surface area contributed by atoms with Crippen LogP contribution in [-0.2, 0) is 20.0 Å². The Bertz CT molecular complexity index is 1040. The molecule has 0 saturated heterocycles. The van der Waals surface area contributed by atoms with Crippen LogP contribution in [0.25, 0.3) is 0 Å². The second-order valence-corrected chi connectivity index (χ2v) is 10.5. The molecule has 0 bridgehead atoms. The third-order valence-corrected chi connectivity index (χ3v) is 7.80. The van der Waals surface area contributed by atoms with Crippen LogP contribution in [0.5, 0.6) is 11.5 Å². The zero-order chi connectivity index (χ0) is 21.8. The van der Waals surface area contributed by atoms with Crippen LogP contribution in [0.1, 0.15) is 11.1 Å². The number of ether oxygens (including phenoxy) is 2. The lowest BCUT2D eigenvalue weighted by atomic mass is 10.1. The number of aryl methyl sites for hydroxylation is 2. The maximum absolute atomic E-state index is 12.6. The summed E-state index contributed by atoms with van der Waals surface area (Å²) >= 11 is 0. The van der Waals surface area contributed by atoms with E-state index in [-0.39, 0.29) is 22.9 Å². The Morgan fingerprint density at radius 2 is 1.48 bits per heavy atom. The Kier molecular flexibility index (Phi) is 7.28. The fourth-order valence-electron chi connectivity index (χ4n) is 2.79. The summed E-state index contributed by atoms with van der Waals surface area (Å²) in [6.07, 6.45) is 0. The number of nitrogens with zero attached hydrogens (tertiary/aromatic N) is 1. The first-order valence-electron chi connectivity index (χ1n) is 8.79. The lowest BCUT2D eigenvalue weighted by Gasteiger charge is -2.14. The first-order chi connectivity index (χ1) is 13.5. The van der Waals surface area contributed by atoms with E-state index in [2.05, 4.69) is 4.72 Å². The van der Waals surface area contributed by atoms with Crippen molar-refractivity contribution in [3.63, 3.8) is 0 Å². The van der Waals surface area contributed by atoms with Crippen LogP contribution in [0.2, 0.25) is 0 Å². The maximum Gasteiger partial charge on any atom is 0.242 e. The van der Waals surface area contributed by atoms with Crippen LogP contribution < -0.4 is 14.2 Å². The predicted molar refractivity (Wildman–Crippen MR) is 110 cm³/mol. The molecule has 0 radical (unpaired) electrons. The molecule has 0 aliphatic rings. The van der Waals surface area contributed by atoms with E-state index in [0.717, 1.165) is 4.31 Å². The molecule has 0 heterocycles. The van der Waals surface area contributed by atoms with Gasteiger partial charge in [0.05, 0.1) is 16.9 Å². The van der Waals surface area contributed by atoms with Crippen molar-refractivity contribution >= 4 is 20.0 Å². The van der Waals surface area contributed by atoms with Gasteiger partial charge in [0, 0.05) is 20.6 Å². The Labute approximate surface area is 172 Å². The zero-order valence-electron chi connectivity index (χ0n) is 17.1. The number of benzene rings is 2. The monoisotopic (exact) mass is 442 g/mol. The molecule has 2 rings (SSSR count). The molecule has 0 unspecified atom stereocenters. The average Bonchev–Trinajstić information content (AvgIpc) is 2.64. The number of hydrogen-bond acceptors (Lipinski definition) is 6. The molecule has 29 heavy (non-hydrogen) atoms. The molecule has 8 nitrogen and oxygen atoms in total. The molecule has 0 fully saturated rings. The quantitative estimate of drug-likeness (QED) is 0.596. The topological polar surface area (TPSA) is 102 Å². The summed E-state index contributed by atoms with van der Waals surface area (Å²) in [5.41, 5.74) is 1.18. The van der Waals surface area contributed by atoms with Gasteiger partial charge in [-0.15, -0.1) is 0 Å². The SMILES string of the molecule is COc1cc(C)c(S(=O)(=O)NCCOc2ccc(S(=O)(=O)N(C)C)cc2)c(C)c1. The van der Waals surface area contributed by atoms with Gasteiger partial charge in [-0.05, 0) is 61.4 Å². The Morgan fingerprint density at radius 3 is 1.97 bits per heavy atom. The summed E-state index contributed by atoms with van der Waals surface area (Å²) in [5, 5.41) is 0. The van der Waals surface area contributed by atoms with Crippen LogP contribution in [0.15, 0.2) is 46.2 Å². The van der Waals surface area contributed by atoms with Crippen LogP contribution in [-0.4, -0.2) is 55.5 Å². The number of nitrogens with one attached hydrogen (secondary N) is 1. The minimum absolute atomic E-state index is 0.0605. The molecule has 1 N–H and O–H groups in total. The highest BCUT2D eigenvalue weighted by molar-refractivity contribution is 7.89. The third-order valence-electron chi connectivity index (χ3n) is 4.20. The van der Waals surface area contributed by atoms with Gasteiger partial charge in [0.15, 0.2) is 0 Å². The van der Waals surface area contributed by atoms with E-state index in [0.29, 0.717) is 22.6 Å². The van der Waals surface area contributed by atoms with Crippen molar-refractivity contribution < 1.29 is 26.3 Å². The van der Waals surface area contributed by atoms with E-state index >= 15 is 0 Å². The fraction of sp³-hybridized carbons (Fsp3) is 0.368. The van der Waals surface area contributed by atoms with Crippen LogP contribution >= 0.6 is 0 Å². The summed E-state index contributed by atoms with van der Waals surface area (Å²) in [6.45, 7) is 3.58. The summed E-state index contributed by atoms with van der Waals surface area (Å²) in [7, 11) is -2.77. The van der Waals surface area contributed by atoms with E-state index in [1.807, 2.05) is 0 Å². The number of rotatable bonds is 9. The number of sulfonamides is 2. The third kappa shape index (κ3) is 5.47. The highest BCUT2D eigenvalue weighted by atomic mass is 32.2. The molecule has 0 aliphatic heterocycles. The predicted octanol–water partition coefficient (Wildman–Crippen LogP) is 1.92. The average molecular weight is 443 g/mol. The Hall–Kier alpha value is -2.14. The molecule has 0 aliphatic carbocycles. The summed E-state index contributed by atoms with van der Waals surface area (Å²) < 4.78 is 63.6. The van der Waals surface area contributed by atoms with E-state index in [9.17, 15) is 16.8 Å². The largest absolute Gasteiger partial charge is 0.497 e. The van der Waals surface area contributed by atoms with E-state index < -0.39 is 20.0 Å². The van der Waals surface area contributed by atoms with Crippen LogP contribution in [0.3, 0.4) is 0 Å². The highest BCUT2D eigenvalue weighted by Crippen LogP contribution is 2.25. The van der Waals surface area contributed by atoms with E-state index in [1.54, 1.807) is 26.0 Å². The van der Waals surface area contributed by atoms with Gasteiger partial charge in [-0.2, -0.15) is 0 Å². The zero-order valence-corrected chi connectivity index (χ0v) is 18.7. The first-order valence-corrected chi connectivity index (χ1v) is 11.7. The molecule has 0 aromatic heterocycles. The number of hydrogen-bond donors (Lipinski definition) is 1. The molecule has 0 atom stereocenters. The van der Waals surface area contributed by atoms with Crippen molar-refractivity contribution in [1.82, 2.24) is 9.03 Å². The van der Waals surface area contributed by atoms with E-state index in [1.165, 1.54) is 45.5 Å². The highest BCUT2D eigenvalue weighted by Gasteiger charge is 2.20. The lowest BCUT2D eigenvalue weighted by Crippen LogP contribution is -2.29. The first kappa shape index (κ1) is 23.1. The molecular formula is C19H26N2O6S2. The van der Waals surface area contributed by atoms with E-state index in [4.69, 9.17) is 9.47 Å². The maximum atomic E-state index is 12.6. The van der Waals surface area contributed by atoms with Gasteiger partial charge in [-0.3, -0.25) is 0 Å². The van der Waals surface area contributed by atoms with Crippen LogP contribution in [0, 0.1) is 13.8 Å². The van der Waals surface area contributed by atoms with Crippen molar-refractivity contribution in [2.45, 2.75) is 23.6 Å². The molecule has 160 valence electrons. The Balaban J connectivity index is 1.99. The molecule has 2 aromatic rings. The summed E-state index contributed by atoms with van der Waals surface area (Å²) in [6, 6.07) is 9.28. The van der Waals surface area contributed by atoms with Gasteiger partial charge in [-0.25, -0.2) is 25.9 Å². The minimum atomic E-state index is -3.71. The van der Waals surface area contributed by atoms with Crippen molar-refractivity contribution in [1.29, 1.82) is 0 Å². The lowest BCUT2D eigenvalue weighted by molar-refractivity contribution is 0.322. The Morgan fingerprint density at radius 1 is 0.931 bits per heavy atom.